The standard InChI is InChI=1S/C12H12BrN3O/c1-8-15-4-5-16(8)11-3-2-9(6-10(11)13)12(17)7-14/h2-6H,7,14H2,1H3. The van der Waals surface area contributed by atoms with Crippen molar-refractivity contribution < 1.29 is 4.79 Å². The number of nitrogens with two attached hydrogens (primary N) is 1. The van der Waals surface area contributed by atoms with Crippen LogP contribution in [0.1, 0.15) is 16.2 Å². The molecule has 5 heteroatoms. The van der Waals surface area contributed by atoms with E-state index < -0.39 is 0 Å². The number of benzene rings is 1. The summed E-state index contributed by atoms with van der Waals surface area (Å²) < 4.78 is 2.79. The number of nitrogens with zero attached hydrogens (tertiary/aromatic N) is 2. The summed E-state index contributed by atoms with van der Waals surface area (Å²) in [5.74, 6) is 0.822. The highest BCUT2D eigenvalue weighted by atomic mass is 79.9. The lowest BCUT2D eigenvalue weighted by molar-refractivity contribution is 0.100. The minimum absolute atomic E-state index is 0.0237. The molecule has 1 heterocycles. The van der Waals surface area contributed by atoms with E-state index in [0.29, 0.717) is 5.56 Å². The Morgan fingerprint density at radius 3 is 2.82 bits per heavy atom. The molecule has 0 aliphatic heterocycles. The molecule has 2 N–H and O–H groups in total. The summed E-state index contributed by atoms with van der Waals surface area (Å²) in [6.07, 6.45) is 3.61. The molecule has 1 aromatic heterocycles. The fraction of sp³-hybridized carbons (Fsp3) is 0.167. The van der Waals surface area contributed by atoms with Crippen LogP contribution in [0.3, 0.4) is 0 Å². The molecule has 0 aliphatic carbocycles. The zero-order valence-corrected chi connectivity index (χ0v) is 10.9. The Morgan fingerprint density at radius 2 is 2.29 bits per heavy atom. The van der Waals surface area contributed by atoms with Crippen LogP contribution in [0.15, 0.2) is 35.1 Å². The van der Waals surface area contributed by atoms with Crippen LogP contribution in [-0.4, -0.2) is 21.9 Å². The number of halogens is 1. The number of carbonyl (C=O) groups excluding carboxylic acids is 1. The maximum atomic E-state index is 11.5. The van der Waals surface area contributed by atoms with E-state index in [-0.39, 0.29) is 12.3 Å². The van der Waals surface area contributed by atoms with Crippen molar-refractivity contribution >= 4 is 21.7 Å². The van der Waals surface area contributed by atoms with Gasteiger partial charge < -0.3 is 10.3 Å². The lowest BCUT2D eigenvalue weighted by atomic mass is 10.1. The van der Waals surface area contributed by atoms with Gasteiger partial charge in [-0.05, 0) is 41.1 Å². The quantitative estimate of drug-likeness (QED) is 0.882. The van der Waals surface area contributed by atoms with Gasteiger partial charge in [0.05, 0.1) is 12.2 Å². The molecule has 0 aliphatic rings. The molecule has 17 heavy (non-hydrogen) atoms. The Bertz CT molecular complexity index is 563. The van der Waals surface area contributed by atoms with Gasteiger partial charge in [0.1, 0.15) is 5.82 Å². The summed E-state index contributed by atoms with van der Waals surface area (Å²) >= 11 is 3.46. The highest BCUT2D eigenvalue weighted by Crippen LogP contribution is 2.23. The first-order chi connectivity index (χ1) is 8.13. The highest BCUT2D eigenvalue weighted by Gasteiger charge is 2.09. The lowest BCUT2D eigenvalue weighted by Crippen LogP contribution is -2.13. The van der Waals surface area contributed by atoms with Crippen molar-refractivity contribution in [2.75, 3.05) is 6.54 Å². The molecule has 88 valence electrons. The van der Waals surface area contributed by atoms with E-state index in [1.54, 1.807) is 18.3 Å². The molecule has 2 rings (SSSR count). The minimum atomic E-state index is -0.0698. The topological polar surface area (TPSA) is 60.9 Å². The third-order valence-corrected chi connectivity index (χ3v) is 3.18. The van der Waals surface area contributed by atoms with Gasteiger partial charge in [0.15, 0.2) is 5.78 Å². The van der Waals surface area contributed by atoms with Crippen molar-refractivity contribution in [3.63, 3.8) is 0 Å². The molecule has 0 radical (unpaired) electrons. The van der Waals surface area contributed by atoms with Crippen LogP contribution in [0.5, 0.6) is 0 Å². The molecule has 0 atom stereocenters. The number of hydrogen-bond acceptors (Lipinski definition) is 3. The van der Waals surface area contributed by atoms with Gasteiger partial charge in [0.2, 0.25) is 0 Å². The number of rotatable bonds is 3. The van der Waals surface area contributed by atoms with Crippen molar-refractivity contribution in [1.82, 2.24) is 9.55 Å². The van der Waals surface area contributed by atoms with Crippen LogP contribution >= 0.6 is 15.9 Å². The zero-order chi connectivity index (χ0) is 12.4. The molecule has 0 unspecified atom stereocenters. The van der Waals surface area contributed by atoms with Crippen LogP contribution in [0.2, 0.25) is 0 Å². The molecule has 0 spiro atoms. The van der Waals surface area contributed by atoms with E-state index in [1.165, 1.54) is 0 Å². The summed E-state index contributed by atoms with van der Waals surface area (Å²) in [4.78, 5) is 15.6. The number of carbonyl (C=O) groups is 1. The van der Waals surface area contributed by atoms with Gasteiger partial charge in [0, 0.05) is 22.4 Å². The van der Waals surface area contributed by atoms with Crippen molar-refractivity contribution in [3.8, 4) is 5.69 Å². The Morgan fingerprint density at radius 1 is 1.53 bits per heavy atom. The maximum Gasteiger partial charge on any atom is 0.176 e. The normalized spacial score (nSPS) is 10.5. The summed E-state index contributed by atoms with van der Waals surface area (Å²) in [6.45, 7) is 1.95. The number of imidazole rings is 1. The Hall–Kier alpha value is -1.46. The predicted molar refractivity (Wildman–Crippen MR) is 69.4 cm³/mol. The van der Waals surface area contributed by atoms with Crippen LogP contribution in [-0.2, 0) is 0 Å². The summed E-state index contributed by atoms with van der Waals surface area (Å²) in [6, 6.07) is 5.43. The number of aryl methyl sites for hydroxylation is 1. The van der Waals surface area contributed by atoms with Crippen molar-refractivity contribution in [1.29, 1.82) is 0 Å². The van der Waals surface area contributed by atoms with Crippen LogP contribution in [0.4, 0.5) is 0 Å². The fourth-order valence-electron chi connectivity index (χ4n) is 1.63. The lowest BCUT2D eigenvalue weighted by Gasteiger charge is -2.09. The van der Waals surface area contributed by atoms with E-state index >= 15 is 0 Å². The van der Waals surface area contributed by atoms with Gasteiger partial charge >= 0.3 is 0 Å². The zero-order valence-electron chi connectivity index (χ0n) is 9.35. The fourth-order valence-corrected chi connectivity index (χ4v) is 2.20. The molecule has 0 amide bonds. The van der Waals surface area contributed by atoms with Crippen LogP contribution in [0.25, 0.3) is 5.69 Å². The highest BCUT2D eigenvalue weighted by molar-refractivity contribution is 9.10. The SMILES string of the molecule is Cc1nccn1-c1ccc(C(=O)CN)cc1Br. The van der Waals surface area contributed by atoms with Crippen LogP contribution in [0, 0.1) is 6.92 Å². The van der Waals surface area contributed by atoms with Crippen molar-refractivity contribution in [3.05, 3.63) is 46.5 Å². The summed E-state index contributed by atoms with van der Waals surface area (Å²) in [5.41, 5.74) is 6.90. The summed E-state index contributed by atoms with van der Waals surface area (Å²) in [5, 5.41) is 0. The van der Waals surface area contributed by atoms with E-state index in [2.05, 4.69) is 20.9 Å². The molecule has 0 saturated carbocycles. The number of aromatic nitrogens is 2. The van der Waals surface area contributed by atoms with Gasteiger partial charge in [-0.15, -0.1) is 0 Å². The molecule has 0 bridgehead atoms. The number of Topliss-reactive ketones (excluding diaryl/α,β-unsaturated/α-hetero) is 1. The first kappa shape index (κ1) is 12.0. The molecule has 2 aromatic rings. The van der Waals surface area contributed by atoms with E-state index in [1.807, 2.05) is 23.8 Å². The third-order valence-electron chi connectivity index (χ3n) is 2.54. The van der Waals surface area contributed by atoms with Gasteiger partial charge in [0.25, 0.3) is 0 Å². The Balaban J connectivity index is 2.46. The predicted octanol–water partition coefficient (Wildman–Crippen LogP) is 2.08. The second-order valence-electron chi connectivity index (χ2n) is 3.64. The van der Waals surface area contributed by atoms with Gasteiger partial charge in [-0.1, -0.05) is 0 Å². The molecule has 0 saturated heterocycles. The second kappa shape index (κ2) is 4.81. The van der Waals surface area contributed by atoms with Crippen molar-refractivity contribution in [2.24, 2.45) is 5.73 Å². The monoisotopic (exact) mass is 293 g/mol. The minimum Gasteiger partial charge on any atom is -0.324 e. The molecule has 1 aromatic carbocycles. The average molecular weight is 294 g/mol. The average Bonchev–Trinajstić information content (AvgIpc) is 2.74. The van der Waals surface area contributed by atoms with Gasteiger partial charge in [-0.25, -0.2) is 4.98 Å². The van der Waals surface area contributed by atoms with E-state index in [4.69, 9.17) is 5.73 Å². The second-order valence-corrected chi connectivity index (χ2v) is 4.49. The van der Waals surface area contributed by atoms with Crippen molar-refractivity contribution in [2.45, 2.75) is 6.92 Å². The molecular weight excluding hydrogens is 282 g/mol. The Kier molecular flexibility index (Phi) is 3.40. The van der Waals surface area contributed by atoms with E-state index in [0.717, 1.165) is 16.0 Å². The number of hydrogen-bond donors (Lipinski definition) is 1. The molecular formula is C12H12BrN3O. The smallest absolute Gasteiger partial charge is 0.176 e. The Labute approximate surface area is 108 Å². The first-order valence-electron chi connectivity index (χ1n) is 5.16. The van der Waals surface area contributed by atoms with E-state index in [9.17, 15) is 4.79 Å². The van der Waals surface area contributed by atoms with Gasteiger partial charge in [-0.2, -0.15) is 0 Å². The number of ketones is 1. The summed E-state index contributed by atoms with van der Waals surface area (Å²) in [7, 11) is 0. The maximum absolute atomic E-state index is 11.5. The molecule has 0 fully saturated rings. The third kappa shape index (κ3) is 2.30. The van der Waals surface area contributed by atoms with Gasteiger partial charge in [-0.3, -0.25) is 4.79 Å². The largest absolute Gasteiger partial charge is 0.324 e. The first-order valence-corrected chi connectivity index (χ1v) is 5.96. The molecule has 4 nitrogen and oxygen atoms in total. The van der Waals surface area contributed by atoms with Crippen LogP contribution < -0.4 is 5.73 Å².